The maximum atomic E-state index is 13.4. The number of carbonyl (C=O) groups excluding carboxylic acids is 3. The summed E-state index contributed by atoms with van der Waals surface area (Å²) in [6, 6.07) is 21.4. The van der Waals surface area contributed by atoms with Gasteiger partial charge in [-0.3, -0.25) is 25.0 Å². The summed E-state index contributed by atoms with van der Waals surface area (Å²) in [4.78, 5) is 50.0. The summed E-state index contributed by atoms with van der Waals surface area (Å²) < 4.78 is 17.0. The van der Waals surface area contributed by atoms with Gasteiger partial charge < -0.3 is 14.2 Å². The van der Waals surface area contributed by atoms with Gasteiger partial charge in [-0.15, -0.1) is 0 Å². The summed E-state index contributed by atoms with van der Waals surface area (Å²) in [6.45, 7) is 0.325. The molecule has 0 spiro atoms. The molecule has 0 radical (unpaired) electrons. The minimum absolute atomic E-state index is 0.0391. The number of rotatable bonds is 10. The van der Waals surface area contributed by atoms with Crippen LogP contribution in [0.3, 0.4) is 0 Å². The molecule has 4 amide bonds. The highest BCUT2D eigenvalue weighted by molar-refractivity contribution is 6.39. The Bertz CT molecular complexity index is 1810. The third kappa shape index (κ3) is 7.23. The number of nitro groups is 1. The number of nitrogens with one attached hydrogen (secondary N) is 1. The number of nitro benzene ring substituents is 1. The lowest BCUT2D eigenvalue weighted by atomic mass is 10.1. The highest BCUT2D eigenvalue weighted by atomic mass is 35.5. The second-order valence-corrected chi connectivity index (χ2v) is 10.5. The van der Waals surface area contributed by atoms with Gasteiger partial charge >= 0.3 is 6.03 Å². The Kier molecular flexibility index (Phi) is 9.31. The highest BCUT2D eigenvalue weighted by Crippen LogP contribution is 2.38. The molecule has 1 aliphatic rings. The molecule has 45 heavy (non-hydrogen) atoms. The fraction of sp³-hybridized carbons (Fsp3) is 0.0938. The molecular weight excluding hydrogens is 625 g/mol. The van der Waals surface area contributed by atoms with E-state index in [0.29, 0.717) is 21.9 Å². The molecule has 1 N–H and O–H groups in total. The van der Waals surface area contributed by atoms with Crippen LogP contribution < -0.4 is 24.4 Å². The predicted octanol–water partition coefficient (Wildman–Crippen LogP) is 6.73. The minimum Gasteiger partial charge on any atom is -0.493 e. The number of halogens is 2. The first-order chi connectivity index (χ1) is 21.6. The number of barbiturate groups is 1. The number of hydrogen-bond acceptors (Lipinski definition) is 8. The molecule has 228 valence electrons. The summed E-state index contributed by atoms with van der Waals surface area (Å²) in [5.74, 6) is -0.815. The number of urea groups is 1. The van der Waals surface area contributed by atoms with Crippen LogP contribution in [0.15, 0.2) is 90.5 Å². The van der Waals surface area contributed by atoms with Crippen molar-refractivity contribution in [2.75, 3.05) is 12.0 Å². The molecule has 0 unspecified atom stereocenters. The zero-order valence-corrected chi connectivity index (χ0v) is 25.0. The van der Waals surface area contributed by atoms with Crippen molar-refractivity contribution in [3.63, 3.8) is 0 Å². The topological polar surface area (TPSA) is 137 Å². The first kappa shape index (κ1) is 31.0. The second-order valence-electron chi connectivity index (χ2n) is 9.61. The lowest BCUT2D eigenvalue weighted by Gasteiger charge is -2.26. The Balaban J connectivity index is 1.32. The van der Waals surface area contributed by atoms with Gasteiger partial charge in [0.2, 0.25) is 0 Å². The van der Waals surface area contributed by atoms with Gasteiger partial charge in [0.05, 0.1) is 22.7 Å². The van der Waals surface area contributed by atoms with Crippen LogP contribution in [0.4, 0.5) is 16.2 Å². The van der Waals surface area contributed by atoms with Crippen LogP contribution in [0.5, 0.6) is 17.2 Å². The molecular formula is C32H23Cl2N3O8. The molecule has 11 nitrogen and oxygen atoms in total. The van der Waals surface area contributed by atoms with E-state index in [2.05, 4.69) is 5.32 Å². The van der Waals surface area contributed by atoms with E-state index in [1.807, 2.05) is 12.1 Å². The molecule has 1 saturated heterocycles. The van der Waals surface area contributed by atoms with Gasteiger partial charge in [-0.1, -0.05) is 35.3 Å². The number of carbonyl (C=O) groups is 3. The molecule has 4 aromatic rings. The summed E-state index contributed by atoms with van der Waals surface area (Å²) >= 11 is 12.4. The number of nitrogens with zero attached hydrogens (tertiary/aromatic N) is 2. The Morgan fingerprint density at radius 1 is 0.867 bits per heavy atom. The number of benzene rings is 4. The minimum atomic E-state index is -0.900. The van der Waals surface area contributed by atoms with Gasteiger partial charge in [0, 0.05) is 17.2 Å². The van der Waals surface area contributed by atoms with Crippen LogP contribution in [0.1, 0.15) is 16.7 Å². The van der Waals surface area contributed by atoms with Gasteiger partial charge in [0.25, 0.3) is 17.5 Å². The van der Waals surface area contributed by atoms with Crippen molar-refractivity contribution in [2.24, 2.45) is 0 Å². The summed E-state index contributed by atoms with van der Waals surface area (Å²) in [6.07, 6.45) is 1.29. The Morgan fingerprint density at radius 2 is 1.49 bits per heavy atom. The fourth-order valence-electron chi connectivity index (χ4n) is 4.33. The number of methoxy groups -OCH3 is 1. The number of hydrogen-bond donors (Lipinski definition) is 1. The quantitative estimate of drug-likeness (QED) is 0.0865. The van der Waals surface area contributed by atoms with Gasteiger partial charge in [0.1, 0.15) is 24.5 Å². The molecule has 1 aliphatic heterocycles. The normalized spacial score (nSPS) is 13.9. The standard InChI is InChI=1S/C32H23Cl2N3O8/c1-43-28-16-21(15-27(34)29(28)45-18-20-4-8-24(9-5-20)37(41)42)14-26-30(38)35-32(40)36(31(26)39)23-10-12-25(13-11-23)44-17-19-2-6-22(33)7-3-19/h2-16H,17-18H2,1H3,(H,35,38,40)/b26-14+. The average Bonchev–Trinajstić information content (AvgIpc) is 3.02. The Labute approximate surface area is 266 Å². The third-order valence-electron chi connectivity index (χ3n) is 6.61. The van der Waals surface area contributed by atoms with Gasteiger partial charge in [-0.25, -0.2) is 9.69 Å². The number of imide groups is 2. The maximum absolute atomic E-state index is 13.4. The van der Waals surface area contributed by atoms with Gasteiger partial charge in [0.15, 0.2) is 11.5 Å². The second kappa shape index (κ2) is 13.5. The Hall–Kier alpha value is -5.39. The average molecular weight is 648 g/mol. The maximum Gasteiger partial charge on any atom is 0.335 e. The molecule has 1 fully saturated rings. The van der Waals surface area contributed by atoms with Crippen molar-refractivity contribution in [3.8, 4) is 17.2 Å². The van der Waals surface area contributed by atoms with Crippen LogP contribution in [-0.4, -0.2) is 29.9 Å². The summed E-state index contributed by atoms with van der Waals surface area (Å²) in [5, 5.41) is 13.8. The van der Waals surface area contributed by atoms with E-state index in [4.69, 9.17) is 37.4 Å². The van der Waals surface area contributed by atoms with Crippen molar-refractivity contribution >= 4 is 58.5 Å². The molecule has 5 rings (SSSR count). The number of ether oxygens (including phenoxy) is 3. The Morgan fingerprint density at radius 3 is 2.11 bits per heavy atom. The van der Waals surface area contributed by atoms with E-state index >= 15 is 0 Å². The number of amides is 4. The molecule has 4 aromatic carbocycles. The van der Waals surface area contributed by atoms with E-state index in [1.165, 1.54) is 49.6 Å². The zero-order valence-electron chi connectivity index (χ0n) is 23.5. The van der Waals surface area contributed by atoms with Crippen molar-refractivity contribution < 1.29 is 33.5 Å². The molecule has 1 heterocycles. The van der Waals surface area contributed by atoms with Crippen LogP contribution >= 0.6 is 23.2 Å². The van der Waals surface area contributed by atoms with Crippen molar-refractivity contribution in [2.45, 2.75) is 13.2 Å². The molecule has 13 heteroatoms. The zero-order chi connectivity index (χ0) is 32.1. The van der Waals surface area contributed by atoms with E-state index in [9.17, 15) is 24.5 Å². The molecule has 0 aliphatic carbocycles. The van der Waals surface area contributed by atoms with E-state index in [-0.39, 0.29) is 46.7 Å². The summed E-state index contributed by atoms with van der Waals surface area (Å²) in [7, 11) is 1.39. The van der Waals surface area contributed by atoms with Gasteiger partial charge in [-0.2, -0.15) is 0 Å². The van der Waals surface area contributed by atoms with Crippen LogP contribution in [0, 0.1) is 10.1 Å². The molecule has 0 saturated carbocycles. The largest absolute Gasteiger partial charge is 0.493 e. The smallest absolute Gasteiger partial charge is 0.335 e. The highest BCUT2D eigenvalue weighted by Gasteiger charge is 2.37. The molecule has 0 aromatic heterocycles. The predicted molar refractivity (Wildman–Crippen MR) is 167 cm³/mol. The molecule has 0 atom stereocenters. The van der Waals surface area contributed by atoms with Crippen molar-refractivity contribution in [3.05, 3.63) is 127 Å². The fourth-order valence-corrected chi connectivity index (χ4v) is 4.73. The van der Waals surface area contributed by atoms with Crippen molar-refractivity contribution in [1.82, 2.24) is 5.32 Å². The number of non-ortho nitro benzene ring substituents is 1. The summed E-state index contributed by atoms with van der Waals surface area (Å²) in [5.41, 5.74) is 1.75. The number of anilines is 1. The van der Waals surface area contributed by atoms with Gasteiger partial charge in [-0.05, 0) is 83.4 Å². The van der Waals surface area contributed by atoms with Crippen LogP contribution in [0.25, 0.3) is 6.08 Å². The first-order valence-corrected chi connectivity index (χ1v) is 14.0. The SMILES string of the molecule is COc1cc(/C=C2\C(=O)NC(=O)N(c3ccc(OCc4ccc(Cl)cc4)cc3)C2=O)cc(Cl)c1OCc1ccc([N+](=O)[O-])cc1. The van der Waals surface area contributed by atoms with E-state index in [0.717, 1.165) is 10.5 Å². The lowest BCUT2D eigenvalue weighted by Crippen LogP contribution is -2.54. The van der Waals surface area contributed by atoms with Crippen molar-refractivity contribution in [1.29, 1.82) is 0 Å². The van der Waals surface area contributed by atoms with Crippen LogP contribution in [0.2, 0.25) is 10.0 Å². The van der Waals surface area contributed by atoms with E-state index in [1.54, 1.807) is 36.4 Å². The molecule has 0 bridgehead atoms. The van der Waals surface area contributed by atoms with Crippen LogP contribution in [-0.2, 0) is 22.8 Å². The van der Waals surface area contributed by atoms with E-state index < -0.39 is 22.8 Å². The third-order valence-corrected chi connectivity index (χ3v) is 7.14. The first-order valence-electron chi connectivity index (χ1n) is 13.3. The lowest BCUT2D eigenvalue weighted by molar-refractivity contribution is -0.384. The monoisotopic (exact) mass is 647 g/mol.